The number of hydrogen-bond acceptors (Lipinski definition) is 5. The van der Waals surface area contributed by atoms with Crippen molar-refractivity contribution >= 4 is 5.82 Å². The van der Waals surface area contributed by atoms with E-state index < -0.39 is 0 Å². The van der Waals surface area contributed by atoms with E-state index in [1.807, 2.05) is 25.7 Å². The zero-order valence-electron chi connectivity index (χ0n) is 11.6. The minimum atomic E-state index is -0.259. The van der Waals surface area contributed by atoms with Crippen molar-refractivity contribution in [2.75, 3.05) is 24.7 Å². The molecule has 1 N–H and O–H groups in total. The summed E-state index contributed by atoms with van der Waals surface area (Å²) in [5, 5.41) is 9.20. The second-order valence-corrected chi connectivity index (χ2v) is 5.20. The molecule has 1 aromatic heterocycles. The molecule has 1 fully saturated rings. The maximum atomic E-state index is 12.4. The molecule has 1 aliphatic rings. The highest BCUT2D eigenvalue weighted by atomic mass is 16.5. The maximum absolute atomic E-state index is 12.4. The lowest BCUT2D eigenvalue weighted by Crippen LogP contribution is -2.52. The Labute approximate surface area is 112 Å². The molecule has 1 aromatic rings. The lowest BCUT2D eigenvalue weighted by Gasteiger charge is -2.37. The summed E-state index contributed by atoms with van der Waals surface area (Å²) < 4.78 is 7.15. The van der Waals surface area contributed by atoms with Gasteiger partial charge in [0.15, 0.2) is 5.82 Å². The van der Waals surface area contributed by atoms with Gasteiger partial charge in [0.25, 0.3) is 5.56 Å². The van der Waals surface area contributed by atoms with Crippen molar-refractivity contribution in [1.82, 2.24) is 9.55 Å². The molecule has 0 bridgehead atoms. The van der Waals surface area contributed by atoms with E-state index in [1.165, 1.54) is 0 Å². The Balaban J connectivity index is 2.35. The van der Waals surface area contributed by atoms with E-state index in [0.29, 0.717) is 19.0 Å². The van der Waals surface area contributed by atoms with E-state index in [0.717, 1.165) is 0 Å². The SMILES string of the molecule is CC1COC(CO)CN1c1nccn(C(C)C)c1=O. The highest BCUT2D eigenvalue weighted by Crippen LogP contribution is 2.16. The summed E-state index contributed by atoms with van der Waals surface area (Å²) in [6, 6.07) is 0.172. The van der Waals surface area contributed by atoms with Gasteiger partial charge < -0.3 is 19.3 Å². The average molecular weight is 267 g/mol. The number of anilines is 1. The van der Waals surface area contributed by atoms with Gasteiger partial charge in [-0.05, 0) is 20.8 Å². The van der Waals surface area contributed by atoms with Crippen LogP contribution >= 0.6 is 0 Å². The summed E-state index contributed by atoms with van der Waals surface area (Å²) >= 11 is 0. The minimum absolute atomic E-state index is 0.0472. The minimum Gasteiger partial charge on any atom is -0.394 e. The van der Waals surface area contributed by atoms with Crippen LogP contribution in [0.2, 0.25) is 0 Å². The van der Waals surface area contributed by atoms with Gasteiger partial charge in [-0.25, -0.2) is 4.98 Å². The fourth-order valence-corrected chi connectivity index (χ4v) is 2.24. The van der Waals surface area contributed by atoms with Gasteiger partial charge >= 0.3 is 0 Å². The Kier molecular flexibility index (Phi) is 4.21. The smallest absolute Gasteiger partial charge is 0.293 e. The molecule has 0 amide bonds. The fraction of sp³-hybridized carbons (Fsp3) is 0.692. The van der Waals surface area contributed by atoms with Crippen molar-refractivity contribution in [3.8, 4) is 0 Å². The van der Waals surface area contributed by atoms with Crippen molar-refractivity contribution < 1.29 is 9.84 Å². The molecule has 2 atom stereocenters. The summed E-state index contributed by atoms with van der Waals surface area (Å²) in [4.78, 5) is 18.5. The number of aliphatic hydroxyl groups is 1. The Bertz CT molecular complexity index is 486. The zero-order valence-corrected chi connectivity index (χ0v) is 11.6. The number of hydrogen-bond donors (Lipinski definition) is 1. The second kappa shape index (κ2) is 5.71. The van der Waals surface area contributed by atoms with Crippen molar-refractivity contribution in [3.63, 3.8) is 0 Å². The summed E-state index contributed by atoms with van der Waals surface area (Å²) in [7, 11) is 0. The van der Waals surface area contributed by atoms with Crippen LogP contribution in [0.3, 0.4) is 0 Å². The maximum Gasteiger partial charge on any atom is 0.293 e. The number of ether oxygens (including phenoxy) is 1. The first kappa shape index (κ1) is 14.0. The quantitative estimate of drug-likeness (QED) is 0.859. The van der Waals surface area contributed by atoms with E-state index in [-0.39, 0.29) is 30.4 Å². The third-order valence-electron chi connectivity index (χ3n) is 3.39. The number of rotatable bonds is 3. The van der Waals surface area contributed by atoms with Gasteiger partial charge in [0.1, 0.15) is 0 Å². The topological polar surface area (TPSA) is 67.6 Å². The van der Waals surface area contributed by atoms with E-state index >= 15 is 0 Å². The summed E-state index contributed by atoms with van der Waals surface area (Å²) in [5.74, 6) is 0.436. The van der Waals surface area contributed by atoms with Gasteiger partial charge in [-0.15, -0.1) is 0 Å². The Hall–Kier alpha value is -1.40. The van der Waals surface area contributed by atoms with Crippen molar-refractivity contribution in [2.45, 2.75) is 39.0 Å². The van der Waals surface area contributed by atoms with Gasteiger partial charge in [-0.2, -0.15) is 0 Å². The third kappa shape index (κ3) is 2.79. The van der Waals surface area contributed by atoms with E-state index in [2.05, 4.69) is 4.98 Å². The van der Waals surface area contributed by atoms with Crippen molar-refractivity contribution in [1.29, 1.82) is 0 Å². The molecular formula is C13H21N3O3. The molecule has 1 aliphatic heterocycles. The standard InChI is InChI=1S/C13H21N3O3/c1-9(2)15-5-4-14-12(13(15)18)16-6-11(7-17)19-8-10(16)3/h4-5,9-11,17H,6-8H2,1-3H3. The number of nitrogens with zero attached hydrogens (tertiary/aromatic N) is 3. The molecule has 0 spiro atoms. The lowest BCUT2D eigenvalue weighted by atomic mass is 10.2. The lowest BCUT2D eigenvalue weighted by molar-refractivity contribution is -0.0106. The Morgan fingerprint density at radius 3 is 2.95 bits per heavy atom. The predicted molar refractivity (Wildman–Crippen MR) is 72.5 cm³/mol. The predicted octanol–water partition coefficient (Wildman–Crippen LogP) is 0.410. The highest BCUT2D eigenvalue weighted by molar-refractivity contribution is 5.38. The molecular weight excluding hydrogens is 246 g/mol. The Morgan fingerprint density at radius 2 is 2.32 bits per heavy atom. The van der Waals surface area contributed by atoms with E-state index in [9.17, 15) is 9.90 Å². The molecule has 2 rings (SSSR count). The first-order valence-electron chi connectivity index (χ1n) is 6.60. The monoisotopic (exact) mass is 267 g/mol. The molecule has 0 radical (unpaired) electrons. The molecule has 0 aliphatic carbocycles. The van der Waals surface area contributed by atoms with Crippen LogP contribution in [-0.4, -0.2) is 46.6 Å². The fourth-order valence-electron chi connectivity index (χ4n) is 2.24. The van der Waals surface area contributed by atoms with Crippen LogP contribution in [0, 0.1) is 0 Å². The molecule has 19 heavy (non-hydrogen) atoms. The molecule has 0 aromatic carbocycles. The zero-order chi connectivity index (χ0) is 14.0. The number of aromatic nitrogens is 2. The summed E-state index contributed by atoms with van der Waals surface area (Å²) in [6.07, 6.45) is 3.09. The Morgan fingerprint density at radius 1 is 1.58 bits per heavy atom. The average Bonchev–Trinajstić information content (AvgIpc) is 2.39. The van der Waals surface area contributed by atoms with Crippen LogP contribution in [-0.2, 0) is 4.74 Å². The van der Waals surface area contributed by atoms with E-state index in [1.54, 1.807) is 17.0 Å². The van der Waals surface area contributed by atoms with Gasteiger partial charge in [-0.1, -0.05) is 0 Å². The summed E-state index contributed by atoms with van der Waals surface area (Å²) in [6.45, 7) is 6.84. The van der Waals surface area contributed by atoms with Crippen molar-refractivity contribution in [2.24, 2.45) is 0 Å². The van der Waals surface area contributed by atoms with Gasteiger partial charge in [0.05, 0.1) is 25.4 Å². The van der Waals surface area contributed by atoms with Crippen LogP contribution in [0.1, 0.15) is 26.8 Å². The molecule has 6 nitrogen and oxygen atoms in total. The van der Waals surface area contributed by atoms with E-state index in [4.69, 9.17) is 4.74 Å². The van der Waals surface area contributed by atoms with Crippen LogP contribution in [0.4, 0.5) is 5.82 Å². The molecule has 6 heteroatoms. The van der Waals surface area contributed by atoms with Gasteiger partial charge in [0, 0.05) is 25.0 Å². The highest BCUT2D eigenvalue weighted by Gasteiger charge is 2.28. The summed E-state index contributed by atoms with van der Waals surface area (Å²) in [5.41, 5.74) is -0.0945. The largest absolute Gasteiger partial charge is 0.394 e. The third-order valence-corrected chi connectivity index (χ3v) is 3.39. The molecule has 1 saturated heterocycles. The second-order valence-electron chi connectivity index (χ2n) is 5.20. The van der Waals surface area contributed by atoms with Crippen LogP contribution in [0.25, 0.3) is 0 Å². The molecule has 2 heterocycles. The normalized spacial score (nSPS) is 23.9. The van der Waals surface area contributed by atoms with Crippen molar-refractivity contribution in [3.05, 3.63) is 22.7 Å². The molecule has 0 saturated carbocycles. The van der Waals surface area contributed by atoms with Crippen LogP contribution < -0.4 is 10.5 Å². The molecule has 106 valence electrons. The molecule has 2 unspecified atom stereocenters. The van der Waals surface area contributed by atoms with Crippen LogP contribution in [0.15, 0.2) is 17.2 Å². The van der Waals surface area contributed by atoms with Gasteiger partial charge in [-0.3, -0.25) is 4.79 Å². The number of morpholine rings is 1. The first-order chi connectivity index (χ1) is 9.04. The van der Waals surface area contributed by atoms with Crippen LogP contribution in [0.5, 0.6) is 0 Å². The van der Waals surface area contributed by atoms with Gasteiger partial charge in [0.2, 0.25) is 0 Å². The number of aliphatic hydroxyl groups excluding tert-OH is 1. The first-order valence-corrected chi connectivity index (χ1v) is 6.60.